The molecule has 3 aromatic rings. The molecule has 0 aliphatic carbocycles. The lowest BCUT2D eigenvalue weighted by Crippen LogP contribution is -2.24. The number of ether oxygens (including phenoxy) is 1. The zero-order chi connectivity index (χ0) is 18.8. The number of halogens is 1. The molecule has 2 aromatic carbocycles. The van der Waals surface area contributed by atoms with Gasteiger partial charge in [-0.3, -0.25) is 14.2 Å². The van der Waals surface area contributed by atoms with Gasteiger partial charge in [-0.15, -0.1) is 0 Å². The number of fused-ring (bicyclic) bond motifs is 1. The Morgan fingerprint density at radius 2 is 1.96 bits per heavy atom. The van der Waals surface area contributed by atoms with Gasteiger partial charge in [0.05, 0.1) is 23.7 Å². The number of hydrogen-bond donors (Lipinski definition) is 0. The summed E-state index contributed by atoms with van der Waals surface area (Å²) in [5, 5.41) is 0.956. The van der Waals surface area contributed by atoms with Crippen LogP contribution in [0.25, 0.3) is 16.6 Å². The van der Waals surface area contributed by atoms with Crippen molar-refractivity contribution in [3.63, 3.8) is 0 Å². The summed E-state index contributed by atoms with van der Waals surface area (Å²) >= 11 is 7.42. The lowest BCUT2D eigenvalue weighted by Gasteiger charge is -2.17. The minimum atomic E-state index is -0.515. The first-order valence-corrected chi connectivity index (χ1v) is 9.21. The van der Waals surface area contributed by atoms with Crippen molar-refractivity contribution in [1.82, 2.24) is 9.55 Å². The van der Waals surface area contributed by atoms with Crippen LogP contribution in [0.5, 0.6) is 0 Å². The van der Waals surface area contributed by atoms with Crippen LogP contribution in [0.4, 0.5) is 0 Å². The first-order valence-electron chi connectivity index (χ1n) is 7.95. The number of rotatable bonds is 4. The van der Waals surface area contributed by atoms with E-state index in [1.165, 1.54) is 23.4 Å². The molecule has 0 saturated heterocycles. The van der Waals surface area contributed by atoms with Gasteiger partial charge in [0.25, 0.3) is 5.56 Å². The molecule has 0 aliphatic rings. The summed E-state index contributed by atoms with van der Waals surface area (Å²) < 4.78 is 6.30. The molecule has 3 rings (SSSR count). The second kappa shape index (κ2) is 7.51. The van der Waals surface area contributed by atoms with Crippen LogP contribution in [-0.2, 0) is 9.53 Å². The van der Waals surface area contributed by atoms with Gasteiger partial charge < -0.3 is 4.74 Å². The molecular weight excluding hydrogens is 372 g/mol. The predicted octanol–water partition coefficient (Wildman–Crippen LogP) is 4.00. The van der Waals surface area contributed by atoms with Crippen LogP contribution in [0.3, 0.4) is 0 Å². The molecule has 134 valence electrons. The number of thioether (sulfide) groups is 1. The third kappa shape index (κ3) is 3.34. The van der Waals surface area contributed by atoms with E-state index in [9.17, 15) is 9.59 Å². The molecule has 5 nitrogen and oxygen atoms in total. The fourth-order valence-corrected chi connectivity index (χ4v) is 3.73. The Morgan fingerprint density at radius 3 is 2.69 bits per heavy atom. The van der Waals surface area contributed by atoms with Crippen molar-refractivity contribution in [3.05, 3.63) is 63.4 Å². The maximum absolute atomic E-state index is 13.2. The van der Waals surface area contributed by atoms with Crippen molar-refractivity contribution >= 4 is 40.2 Å². The molecule has 0 N–H and O–H groups in total. The summed E-state index contributed by atoms with van der Waals surface area (Å²) in [6, 6.07) is 12.5. The monoisotopic (exact) mass is 388 g/mol. The molecule has 0 bridgehead atoms. The van der Waals surface area contributed by atoms with E-state index in [0.29, 0.717) is 26.8 Å². The normalized spacial score (nSPS) is 12.2. The Hall–Kier alpha value is -2.31. The van der Waals surface area contributed by atoms with E-state index in [2.05, 4.69) is 4.98 Å². The molecule has 1 heterocycles. The summed E-state index contributed by atoms with van der Waals surface area (Å²) in [5.41, 5.74) is 1.77. The molecule has 1 unspecified atom stereocenters. The van der Waals surface area contributed by atoms with E-state index in [1.54, 1.807) is 37.3 Å². The second-order valence-corrected chi connectivity index (χ2v) is 7.43. The molecular formula is C19H17ClN2O3S. The highest BCUT2D eigenvalue weighted by Crippen LogP contribution is 2.28. The Balaban J connectivity index is 2.29. The van der Waals surface area contributed by atoms with Crippen molar-refractivity contribution in [2.75, 3.05) is 7.11 Å². The van der Waals surface area contributed by atoms with Gasteiger partial charge in [0.1, 0.15) is 5.25 Å². The van der Waals surface area contributed by atoms with Crippen LogP contribution in [-0.4, -0.2) is 27.9 Å². The Kier molecular flexibility index (Phi) is 5.34. The smallest absolute Gasteiger partial charge is 0.318 e. The van der Waals surface area contributed by atoms with Crippen molar-refractivity contribution in [2.45, 2.75) is 24.3 Å². The van der Waals surface area contributed by atoms with Gasteiger partial charge in [0.2, 0.25) is 0 Å². The lowest BCUT2D eigenvalue weighted by atomic mass is 10.2. The van der Waals surface area contributed by atoms with Crippen LogP contribution in [0.15, 0.2) is 52.4 Å². The molecule has 0 saturated carbocycles. The van der Waals surface area contributed by atoms with E-state index in [-0.39, 0.29) is 11.5 Å². The number of carbonyl (C=O) groups excluding carboxylic acids is 1. The molecule has 0 spiro atoms. The topological polar surface area (TPSA) is 61.2 Å². The maximum Gasteiger partial charge on any atom is 0.318 e. The SMILES string of the molecule is COC(=O)C(C)Sc1nc2ccccc2c(=O)n1-c1cccc(Cl)c1C. The lowest BCUT2D eigenvalue weighted by molar-refractivity contribution is -0.139. The molecule has 1 aromatic heterocycles. The Labute approximate surface area is 160 Å². The van der Waals surface area contributed by atoms with E-state index < -0.39 is 5.25 Å². The summed E-state index contributed by atoms with van der Waals surface area (Å²) in [5.74, 6) is -0.383. The quantitative estimate of drug-likeness (QED) is 0.384. The molecule has 7 heteroatoms. The van der Waals surface area contributed by atoms with E-state index >= 15 is 0 Å². The number of carbonyl (C=O) groups is 1. The number of para-hydroxylation sites is 1. The van der Waals surface area contributed by atoms with E-state index in [4.69, 9.17) is 16.3 Å². The van der Waals surface area contributed by atoms with Gasteiger partial charge in [0.15, 0.2) is 5.16 Å². The highest BCUT2D eigenvalue weighted by atomic mass is 35.5. The van der Waals surface area contributed by atoms with Crippen LogP contribution in [0.1, 0.15) is 12.5 Å². The van der Waals surface area contributed by atoms with Gasteiger partial charge >= 0.3 is 5.97 Å². The maximum atomic E-state index is 13.2. The zero-order valence-corrected chi connectivity index (χ0v) is 16.1. The summed E-state index contributed by atoms with van der Waals surface area (Å²) in [4.78, 5) is 29.7. The fourth-order valence-electron chi connectivity index (χ4n) is 2.61. The van der Waals surface area contributed by atoms with Gasteiger partial charge in [-0.2, -0.15) is 0 Å². The van der Waals surface area contributed by atoms with Crippen LogP contribution in [0, 0.1) is 6.92 Å². The van der Waals surface area contributed by atoms with Crippen molar-refractivity contribution in [3.8, 4) is 5.69 Å². The third-order valence-corrected chi connectivity index (χ3v) is 5.48. The van der Waals surface area contributed by atoms with Gasteiger partial charge in [-0.1, -0.05) is 41.6 Å². The van der Waals surface area contributed by atoms with Gasteiger partial charge in [0, 0.05) is 5.02 Å². The molecule has 26 heavy (non-hydrogen) atoms. The zero-order valence-electron chi connectivity index (χ0n) is 14.5. The number of benzene rings is 2. The number of hydrogen-bond acceptors (Lipinski definition) is 5. The number of methoxy groups -OCH3 is 1. The van der Waals surface area contributed by atoms with Crippen LogP contribution >= 0.6 is 23.4 Å². The Bertz CT molecular complexity index is 1050. The van der Waals surface area contributed by atoms with Crippen molar-refractivity contribution < 1.29 is 9.53 Å². The molecule has 1 atom stereocenters. The minimum Gasteiger partial charge on any atom is -0.468 e. The highest BCUT2D eigenvalue weighted by molar-refractivity contribution is 8.00. The van der Waals surface area contributed by atoms with Crippen molar-refractivity contribution in [2.24, 2.45) is 0 Å². The Morgan fingerprint density at radius 1 is 1.23 bits per heavy atom. The standard InChI is InChI=1S/C19H17ClN2O3S/c1-11-14(20)8-6-10-16(11)22-17(23)13-7-4-5-9-15(13)21-19(22)26-12(2)18(24)25-3/h4-10,12H,1-3H3. The third-order valence-electron chi connectivity index (χ3n) is 4.04. The highest BCUT2D eigenvalue weighted by Gasteiger charge is 2.21. The van der Waals surface area contributed by atoms with Crippen LogP contribution < -0.4 is 5.56 Å². The number of aromatic nitrogens is 2. The summed E-state index contributed by atoms with van der Waals surface area (Å²) in [6.07, 6.45) is 0. The van der Waals surface area contributed by atoms with Gasteiger partial charge in [-0.25, -0.2) is 4.98 Å². The average molecular weight is 389 g/mol. The average Bonchev–Trinajstić information content (AvgIpc) is 2.64. The molecule has 0 radical (unpaired) electrons. The first-order chi connectivity index (χ1) is 12.4. The molecule has 0 amide bonds. The molecule has 0 aliphatic heterocycles. The van der Waals surface area contributed by atoms with Gasteiger partial charge in [-0.05, 0) is 43.7 Å². The van der Waals surface area contributed by atoms with E-state index in [1.807, 2.05) is 19.1 Å². The number of esters is 1. The second-order valence-electron chi connectivity index (χ2n) is 5.72. The minimum absolute atomic E-state index is 0.208. The first kappa shape index (κ1) is 18.5. The van der Waals surface area contributed by atoms with Crippen LogP contribution in [0.2, 0.25) is 5.02 Å². The predicted molar refractivity (Wildman–Crippen MR) is 104 cm³/mol. The summed E-state index contributed by atoms with van der Waals surface area (Å²) in [7, 11) is 1.33. The van der Waals surface area contributed by atoms with Crippen molar-refractivity contribution in [1.29, 1.82) is 0 Å². The summed E-state index contributed by atoms with van der Waals surface area (Å²) in [6.45, 7) is 3.56. The molecule has 0 fully saturated rings. The van der Waals surface area contributed by atoms with E-state index in [0.717, 1.165) is 5.56 Å². The number of nitrogens with zero attached hydrogens (tertiary/aromatic N) is 2. The fraction of sp³-hybridized carbons (Fsp3) is 0.211. The largest absolute Gasteiger partial charge is 0.468 e.